The number of nitrogens with zero attached hydrogens (tertiary/aromatic N) is 1. The van der Waals surface area contributed by atoms with Gasteiger partial charge < -0.3 is 14.8 Å². The maximum absolute atomic E-state index is 12.8. The van der Waals surface area contributed by atoms with Gasteiger partial charge in [0.05, 0.1) is 4.92 Å². The molecule has 0 aromatic heterocycles. The van der Waals surface area contributed by atoms with Gasteiger partial charge in [-0.25, -0.2) is 0 Å². The van der Waals surface area contributed by atoms with Crippen molar-refractivity contribution in [2.75, 3.05) is 6.54 Å². The van der Waals surface area contributed by atoms with Gasteiger partial charge in [-0.15, -0.1) is 0 Å². The first-order valence-electron chi connectivity index (χ1n) is 10.6. The van der Waals surface area contributed by atoms with Gasteiger partial charge in [-0.2, -0.15) is 8.42 Å². The molecule has 0 heterocycles. The predicted octanol–water partition coefficient (Wildman–Crippen LogP) is 2.93. The van der Waals surface area contributed by atoms with Crippen molar-refractivity contribution in [1.82, 2.24) is 10.6 Å². The summed E-state index contributed by atoms with van der Waals surface area (Å²) in [4.78, 5) is 35.3. The summed E-state index contributed by atoms with van der Waals surface area (Å²) in [5.41, 5.74) is -1.11. The van der Waals surface area contributed by atoms with Crippen LogP contribution in [-0.4, -0.2) is 37.2 Å². The smallest absolute Gasteiger partial charge is 0.339 e. The molecule has 0 radical (unpaired) electrons. The molecule has 2 amide bonds. The number of amides is 2. The lowest BCUT2D eigenvalue weighted by molar-refractivity contribution is -0.385. The molecule has 0 saturated heterocycles. The van der Waals surface area contributed by atoms with Crippen LogP contribution in [0.2, 0.25) is 0 Å². The highest BCUT2D eigenvalue weighted by Crippen LogP contribution is 2.29. The summed E-state index contributed by atoms with van der Waals surface area (Å²) in [6.07, 6.45) is 3.77. The number of hydrogen-bond donors (Lipinski definition) is 2. The molecule has 2 aromatic carbocycles. The van der Waals surface area contributed by atoms with Gasteiger partial charge in [-0.3, -0.25) is 19.7 Å². The van der Waals surface area contributed by atoms with Crippen LogP contribution in [0.1, 0.15) is 49.4 Å². The van der Waals surface area contributed by atoms with Crippen LogP contribution >= 0.6 is 0 Å². The molecule has 10 nitrogen and oxygen atoms in total. The molecule has 1 aliphatic rings. The molecule has 2 N–H and O–H groups in total. The maximum atomic E-state index is 12.8. The van der Waals surface area contributed by atoms with Gasteiger partial charge in [0.15, 0.2) is 0 Å². The Morgan fingerprint density at radius 2 is 1.76 bits per heavy atom. The van der Waals surface area contributed by atoms with Crippen molar-refractivity contribution in [1.29, 1.82) is 0 Å². The monoisotopic (exact) mass is 475 g/mol. The highest BCUT2D eigenvalue weighted by Gasteiger charge is 2.40. The SMILES string of the molecule is CCNC(=O)C1(NC(=O)c2ccc(OS(=O)(=O)c3cccc([N+](=O)[O-])c3)cc2)CCCCC1. The van der Waals surface area contributed by atoms with E-state index in [0.717, 1.165) is 25.3 Å². The quantitative estimate of drug-likeness (QED) is 0.339. The number of rotatable bonds is 8. The minimum Gasteiger partial charge on any atom is -0.379 e. The molecule has 1 fully saturated rings. The summed E-state index contributed by atoms with van der Waals surface area (Å²) in [5, 5.41) is 16.6. The molecule has 1 aliphatic carbocycles. The Morgan fingerprint density at radius 3 is 2.36 bits per heavy atom. The molecule has 3 rings (SSSR count). The van der Waals surface area contributed by atoms with E-state index in [4.69, 9.17) is 4.18 Å². The van der Waals surface area contributed by atoms with Crippen molar-refractivity contribution in [3.8, 4) is 5.75 Å². The standard InChI is InChI=1S/C22H25N3O7S/c1-2-23-21(27)22(13-4-3-5-14-22)24-20(26)16-9-11-18(12-10-16)32-33(30,31)19-8-6-7-17(15-19)25(28)29/h6-12,15H,2-5,13-14H2,1H3,(H,23,27)(H,24,26). The van der Waals surface area contributed by atoms with Gasteiger partial charge in [0.2, 0.25) is 5.91 Å². The van der Waals surface area contributed by atoms with Crippen molar-refractivity contribution in [3.05, 3.63) is 64.2 Å². The summed E-state index contributed by atoms with van der Waals surface area (Å²) in [5.74, 6) is -0.716. The largest absolute Gasteiger partial charge is 0.379 e. The van der Waals surface area contributed by atoms with E-state index in [9.17, 15) is 28.1 Å². The molecule has 0 unspecified atom stereocenters. The Morgan fingerprint density at radius 1 is 1.09 bits per heavy atom. The minimum absolute atomic E-state index is 0.0610. The molecule has 0 aliphatic heterocycles. The maximum Gasteiger partial charge on any atom is 0.339 e. The molecule has 11 heteroatoms. The molecule has 0 atom stereocenters. The van der Waals surface area contributed by atoms with E-state index in [1.807, 2.05) is 6.92 Å². The third-order valence-corrected chi connectivity index (χ3v) is 6.71. The number of non-ortho nitro benzene ring substituents is 1. The summed E-state index contributed by atoms with van der Waals surface area (Å²) >= 11 is 0. The van der Waals surface area contributed by atoms with Crippen molar-refractivity contribution in [2.24, 2.45) is 0 Å². The van der Waals surface area contributed by atoms with Gasteiger partial charge in [0.25, 0.3) is 11.6 Å². The lowest BCUT2D eigenvalue weighted by atomic mass is 9.80. The zero-order valence-corrected chi connectivity index (χ0v) is 18.9. The first-order valence-corrected chi connectivity index (χ1v) is 12.0. The van der Waals surface area contributed by atoms with E-state index in [0.29, 0.717) is 19.4 Å². The van der Waals surface area contributed by atoms with Crippen molar-refractivity contribution in [3.63, 3.8) is 0 Å². The predicted molar refractivity (Wildman–Crippen MR) is 119 cm³/mol. The van der Waals surface area contributed by atoms with Gasteiger partial charge in [0, 0.05) is 24.2 Å². The number of nitro groups is 1. The van der Waals surface area contributed by atoms with Crippen molar-refractivity contribution >= 4 is 27.6 Å². The average Bonchev–Trinajstić information content (AvgIpc) is 2.80. The third kappa shape index (κ3) is 5.67. The zero-order valence-electron chi connectivity index (χ0n) is 18.1. The van der Waals surface area contributed by atoms with Crippen molar-refractivity contribution < 1.29 is 27.1 Å². The van der Waals surface area contributed by atoms with E-state index in [2.05, 4.69) is 10.6 Å². The van der Waals surface area contributed by atoms with E-state index < -0.39 is 26.5 Å². The molecule has 33 heavy (non-hydrogen) atoms. The van der Waals surface area contributed by atoms with Crippen LogP contribution in [0.3, 0.4) is 0 Å². The number of hydrogen-bond acceptors (Lipinski definition) is 7. The Bertz CT molecular complexity index is 1140. The number of likely N-dealkylation sites (N-methyl/N-ethyl adjacent to an activating group) is 1. The Balaban J connectivity index is 1.74. The Hall–Kier alpha value is -3.47. The van der Waals surface area contributed by atoms with Gasteiger partial charge in [-0.1, -0.05) is 25.3 Å². The summed E-state index contributed by atoms with van der Waals surface area (Å²) in [6, 6.07) is 9.91. The first-order chi connectivity index (χ1) is 15.7. The first kappa shape index (κ1) is 24.2. The Labute approximate surface area is 191 Å². The van der Waals surface area contributed by atoms with Gasteiger partial charge in [-0.05, 0) is 50.1 Å². The molecule has 176 valence electrons. The number of nitrogens with one attached hydrogen (secondary N) is 2. The second-order valence-electron chi connectivity index (χ2n) is 7.77. The number of carbonyl (C=O) groups is 2. The molecular formula is C22H25N3O7S. The van der Waals surface area contributed by atoms with Crippen LogP contribution in [0, 0.1) is 10.1 Å². The van der Waals surface area contributed by atoms with E-state index in [1.165, 1.54) is 42.5 Å². The molecule has 0 spiro atoms. The summed E-state index contributed by atoms with van der Waals surface area (Å²) < 4.78 is 30.0. The number of carbonyl (C=O) groups excluding carboxylic acids is 2. The average molecular weight is 476 g/mol. The van der Waals surface area contributed by atoms with Crippen LogP contribution in [0.25, 0.3) is 0 Å². The van der Waals surface area contributed by atoms with Crippen LogP contribution in [0.15, 0.2) is 53.4 Å². The second kappa shape index (κ2) is 9.99. The van der Waals surface area contributed by atoms with E-state index in [1.54, 1.807) is 0 Å². The fourth-order valence-electron chi connectivity index (χ4n) is 3.77. The molecule has 1 saturated carbocycles. The minimum atomic E-state index is -4.31. The highest BCUT2D eigenvalue weighted by molar-refractivity contribution is 7.87. The molecule has 0 bridgehead atoms. The van der Waals surface area contributed by atoms with E-state index in [-0.39, 0.29) is 27.8 Å². The van der Waals surface area contributed by atoms with Crippen LogP contribution < -0.4 is 14.8 Å². The zero-order chi connectivity index (χ0) is 24.1. The molecule has 2 aromatic rings. The van der Waals surface area contributed by atoms with Gasteiger partial charge in [0.1, 0.15) is 16.2 Å². The number of nitro benzene ring substituents is 1. The summed E-state index contributed by atoms with van der Waals surface area (Å²) in [7, 11) is -4.31. The van der Waals surface area contributed by atoms with Crippen LogP contribution in [-0.2, 0) is 14.9 Å². The molecular weight excluding hydrogens is 450 g/mol. The topological polar surface area (TPSA) is 145 Å². The fraction of sp³-hybridized carbons (Fsp3) is 0.364. The highest BCUT2D eigenvalue weighted by atomic mass is 32.2. The van der Waals surface area contributed by atoms with Gasteiger partial charge >= 0.3 is 10.1 Å². The lowest BCUT2D eigenvalue weighted by Crippen LogP contribution is -2.59. The van der Waals surface area contributed by atoms with E-state index >= 15 is 0 Å². The Kier molecular flexibility index (Phi) is 7.32. The second-order valence-corrected chi connectivity index (χ2v) is 9.32. The fourth-order valence-corrected chi connectivity index (χ4v) is 4.74. The van der Waals surface area contributed by atoms with Crippen molar-refractivity contribution in [2.45, 2.75) is 49.5 Å². The number of benzene rings is 2. The summed E-state index contributed by atoms with van der Waals surface area (Å²) in [6.45, 7) is 2.28. The van der Waals surface area contributed by atoms with Crippen LogP contribution in [0.4, 0.5) is 5.69 Å². The third-order valence-electron chi connectivity index (χ3n) is 5.47. The van der Waals surface area contributed by atoms with Crippen LogP contribution in [0.5, 0.6) is 5.75 Å². The lowest BCUT2D eigenvalue weighted by Gasteiger charge is -2.36. The normalized spacial score (nSPS) is 15.3.